The third kappa shape index (κ3) is 12.8. The summed E-state index contributed by atoms with van der Waals surface area (Å²) in [4.78, 5) is 114. The van der Waals surface area contributed by atoms with Crippen LogP contribution >= 0.6 is 68.0 Å². The lowest BCUT2D eigenvalue weighted by Crippen LogP contribution is -2.52. The third-order valence-corrected chi connectivity index (χ3v) is 16.7. The van der Waals surface area contributed by atoms with Gasteiger partial charge in [-0.15, -0.1) is 68.0 Å². The van der Waals surface area contributed by atoms with E-state index in [1.54, 1.807) is 36.7 Å². The van der Waals surface area contributed by atoms with Crippen molar-refractivity contribution in [1.82, 2.24) is 66.8 Å². The van der Waals surface area contributed by atoms with E-state index in [9.17, 15) is 44.1 Å². The van der Waals surface area contributed by atoms with Crippen molar-refractivity contribution in [2.45, 2.75) is 84.4 Å². The van der Waals surface area contributed by atoms with Gasteiger partial charge in [0, 0.05) is 37.8 Å². The molecule has 0 spiro atoms. The number of oxime groups is 1. The molecule has 0 saturated carbocycles. The van der Waals surface area contributed by atoms with E-state index in [1.807, 2.05) is 0 Å². The molecule has 5 atom stereocenters. The van der Waals surface area contributed by atoms with Crippen LogP contribution in [0.25, 0.3) is 49.1 Å². The summed E-state index contributed by atoms with van der Waals surface area (Å²) < 4.78 is 0. The normalized spacial score (nSPS) is 18.3. The largest absolute Gasteiger partial charge is 0.411 e. The predicted molar refractivity (Wildman–Crippen MR) is 295 cm³/mol. The second-order valence-corrected chi connectivity index (χ2v) is 22.9. The monoisotopic (exact) mass is 1170 g/mol. The predicted octanol–water partition coefficient (Wildman–Crippen LogP) is 5.15. The van der Waals surface area contributed by atoms with Gasteiger partial charge < -0.3 is 52.4 Å². The van der Waals surface area contributed by atoms with Crippen molar-refractivity contribution in [3.63, 3.8) is 0 Å². The molecule has 8 bridgehead atoms. The SMILES string of the molecule is C/C=C(\NC(=O)c1csc(-c2csc(-c3ccc4c(n3)-c3csc(n3)C(C(C)O)NC(=O)c3csc(n3)C(C(C)(C)O)NC(=O)c3csc(n3)/C(=C/C)NC(=O)C(C(C)O)NC(=O)c3csc-4n3)n2)n1)C(=O)NCC(C)=NO. The molecule has 5 unspecified atom stereocenters. The molecule has 7 aromatic rings. The van der Waals surface area contributed by atoms with Gasteiger partial charge in [0.05, 0.1) is 41.5 Å². The minimum absolute atomic E-state index is 0.0281. The number of nitrogens with one attached hydrogen (secondary N) is 6. The first-order valence-corrected chi connectivity index (χ1v) is 28.6. The Kier molecular flexibility index (Phi) is 17.5. The van der Waals surface area contributed by atoms with E-state index in [4.69, 9.17) is 20.2 Å². The molecule has 0 aromatic carbocycles. The molecule has 0 aliphatic carbocycles. The molecule has 7 aromatic heterocycles. The number of rotatable bonds is 10. The number of amides is 6. The number of nitrogens with zero attached hydrogens (tertiary/aromatic N) is 8. The fraction of sp³-hybridized carbons (Fsp3) is 0.292. The van der Waals surface area contributed by atoms with Gasteiger partial charge in [-0.1, -0.05) is 17.3 Å². The minimum atomic E-state index is -1.60. The second kappa shape index (κ2) is 24.1. The molecule has 10 N–H and O–H groups in total. The maximum atomic E-state index is 13.9. The van der Waals surface area contributed by atoms with E-state index in [0.717, 1.165) is 56.7 Å². The van der Waals surface area contributed by atoms with Crippen LogP contribution in [0.3, 0.4) is 0 Å². The molecule has 0 radical (unpaired) electrons. The molecule has 78 heavy (non-hydrogen) atoms. The van der Waals surface area contributed by atoms with Crippen molar-refractivity contribution in [1.29, 1.82) is 0 Å². The average Bonchev–Trinajstić information content (AvgIpc) is 4.35. The molecule has 0 fully saturated rings. The lowest BCUT2D eigenvalue weighted by atomic mass is 9.99. The first kappa shape index (κ1) is 56.8. The Hall–Kier alpha value is -7.42. The maximum Gasteiger partial charge on any atom is 0.275 e. The summed E-state index contributed by atoms with van der Waals surface area (Å²) in [5, 5.41) is 72.2. The Bertz CT molecular complexity index is 3530. The van der Waals surface area contributed by atoms with Crippen LogP contribution in [0, 0.1) is 0 Å². The Morgan fingerprint density at radius 1 is 0.692 bits per heavy atom. The Morgan fingerprint density at radius 2 is 1.24 bits per heavy atom. The summed E-state index contributed by atoms with van der Waals surface area (Å²) in [7, 11) is 0. The van der Waals surface area contributed by atoms with E-state index in [-0.39, 0.29) is 67.1 Å². The van der Waals surface area contributed by atoms with Gasteiger partial charge in [-0.25, -0.2) is 34.9 Å². The smallest absolute Gasteiger partial charge is 0.275 e. The molecular weight excluding hydrogens is 1130 g/mol. The summed E-state index contributed by atoms with van der Waals surface area (Å²) in [6, 6.07) is -0.268. The number of aromatic nitrogens is 7. The summed E-state index contributed by atoms with van der Waals surface area (Å²) in [5.41, 5.74) is 0.425. The zero-order valence-corrected chi connectivity index (χ0v) is 47.0. The summed E-state index contributed by atoms with van der Waals surface area (Å²) >= 11 is 6.65. The quantitative estimate of drug-likeness (QED) is 0.0366. The second-order valence-electron chi connectivity index (χ2n) is 17.7. The fourth-order valence-electron chi connectivity index (χ4n) is 7.21. The first-order valence-electron chi connectivity index (χ1n) is 23.3. The van der Waals surface area contributed by atoms with E-state index in [0.29, 0.717) is 37.7 Å². The highest BCUT2D eigenvalue weighted by Gasteiger charge is 2.35. The van der Waals surface area contributed by atoms with Crippen LogP contribution in [0.2, 0.25) is 0 Å². The summed E-state index contributed by atoms with van der Waals surface area (Å²) in [6.07, 6.45) is 0.382. The maximum absolute atomic E-state index is 13.9. The zero-order valence-electron chi connectivity index (χ0n) is 42.1. The van der Waals surface area contributed by atoms with Crippen LogP contribution in [-0.4, -0.2) is 127 Å². The van der Waals surface area contributed by atoms with Crippen molar-refractivity contribution >= 4 is 115 Å². The number of carbonyl (C=O) groups excluding carboxylic acids is 6. The number of hydrogen-bond donors (Lipinski definition) is 10. The van der Waals surface area contributed by atoms with Gasteiger partial charge in [-0.2, -0.15) is 0 Å². The minimum Gasteiger partial charge on any atom is -0.411 e. The zero-order chi connectivity index (χ0) is 56.2. The van der Waals surface area contributed by atoms with Crippen molar-refractivity contribution in [2.75, 3.05) is 6.54 Å². The number of thiazole rings is 6. The Morgan fingerprint density at radius 3 is 1.91 bits per heavy atom. The molecule has 0 saturated heterocycles. The number of aliphatic hydroxyl groups is 3. The highest BCUT2D eigenvalue weighted by molar-refractivity contribution is 7.15. The van der Waals surface area contributed by atoms with Gasteiger partial charge in [-0.05, 0) is 60.6 Å². The molecule has 8 heterocycles. The number of carbonyl (C=O) groups is 6. The number of aliphatic hydroxyl groups excluding tert-OH is 2. The van der Waals surface area contributed by atoms with Gasteiger partial charge in [0.15, 0.2) is 0 Å². The molecular formula is C48H48N14O10S6. The molecule has 8 rings (SSSR count). The standard InChI is InChI=1S/C48H48N14O10S6/c1-8-23(36(65)49-12-19(3)62-72)51-37(66)27-15-75-45(56-27)31-18-76-44(58-31)25-11-10-22-34(50-25)26-13-77-46(53-26)33(21(5)64)60-39(68)29-17-78-47(57-29)35(48(6,7)71)61-40(69)30-16-74-43(55-30)24(9-2)52-41(70)32(20(4)63)59-38(67)28-14-73-42(22)54-28/h8-11,13-18,20-21,32-33,35,63-64,71-72H,12H2,1-7H3,(H,49,65)(H,51,66)(H,52,70)(H,59,67)(H,60,68)(H,61,69)/b23-8-,24-9-,62-19?. The average molecular weight is 1170 g/mol. The van der Waals surface area contributed by atoms with Crippen molar-refractivity contribution in [2.24, 2.45) is 5.16 Å². The highest BCUT2D eigenvalue weighted by atomic mass is 32.1. The van der Waals surface area contributed by atoms with Crippen LogP contribution in [0.15, 0.2) is 67.4 Å². The molecule has 406 valence electrons. The number of allylic oxidation sites excluding steroid dienone is 2. The fourth-order valence-corrected chi connectivity index (χ4v) is 12.5. The summed E-state index contributed by atoms with van der Waals surface area (Å²) in [6.45, 7) is 10.4. The van der Waals surface area contributed by atoms with E-state index in [1.165, 1.54) is 79.6 Å². The van der Waals surface area contributed by atoms with Crippen LogP contribution in [0.4, 0.5) is 0 Å². The van der Waals surface area contributed by atoms with Crippen molar-refractivity contribution in [3.05, 3.63) is 100 Å². The first-order chi connectivity index (χ1) is 37.1. The topological polar surface area (TPSA) is 358 Å². The Balaban J connectivity index is 1.15. The molecule has 24 nitrogen and oxygen atoms in total. The number of fused-ring (bicyclic) bond motifs is 11. The van der Waals surface area contributed by atoms with Gasteiger partial charge in [0.1, 0.15) is 93.7 Å². The number of hydrogen-bond acceptors (Lipinski definition) is 24. The molecule has 6 amide bonds. The van der Waals surface area contributed by atoms with Crippen molar-refractivity contribution in [3.8, 4) is 43.4 Å². The summed E-state index contributed by atoms with van der Waals surface area (Å²) in [5.74, 6) is -4.19. The van der Waals surface area contributed by atoms with Crippen molar-refractivity contribution < 1.29 is 49.3 Å². The van der Waals surface area contributed by atoms with Crippen LogP contribution in [-0.2, 0) is 9.59 Å². The van der Waals surface area contributed by atoms with E-state index in [2.05, 4.69) is 57.0 Å². The third-order valence-electron chi connectivity index (χ3n) is 11.3. The lowest BCUT2D eigenvalue weighted by molar-refractivity contribution is -0.124. The van der Waals surface area contributed by atoms with Crippen LogP contribution in [0.1, 0.15) is 118 Å². The molecule has 1 aliphatic heterocycles. The van der Waals surface area contributed by atoms with Gasteiger partial charge in [-0.3, -0.25) is 28.8 Å². The van der Waals surface area contributed by atoms with Crippen LogP contribution in [0.5, 0.6) is 0 Å². The lowest BCUT2D eigenvalue weighted by Gasteiger charge is -2.28. The van der Waals surface area contributed by atoms with Gasteiger partial charge in [0.25, 0.3) is 29.5 Å². The highest BCUT2D eigenvalue weighted by Crippen LogP contribution is 2.38. The Labute approximate surface area is 467 Å². The van der Waals surface area contributed by atoms with Gasteiger partial charge in [0.2, 0.25) is 5.91 Å². The van der Waals surface area contributed by atoms with Gasteiger partial charge >= 0.3 is 0 Å². The molecule has 30 heteroatoms. The van der Waals surface area contributed by atoms with Crippen LogP contribution < -0.4 is 31.9 Å². The molecule has 1 aliphatic rings. The number of pyridine rings is 1. The van der Waals surface area contributed by atoms with E-state index < -0.39 is 71.4 Å². The van der Waals surface area contributed by atoms with E-state index >= 15 is 0 Å².